The van der Waals surface area contributed by atoms with E-state index in [1.54, 1.807) is 0 Å². The Labute approximate surface area is 118 Å². The summed E-state index contributed by atoms with van der Waals surface area (Å²) in [6.45, 7) is 0. The summed E-state index contributed by atoms with van der Waals surface area (Å²) in [5.41, 5.74) is 4.72. The number of amides is 1. The van der Waals surface area contributed by atoms with Gasteiger partial charge >= 0.3 is 0 Å². The average Bonchev–Trinajstić information content (AvgIpc) is 3.01. The van der Waals surface area contributed by atoms with Crippen LogP contribution in [0.1, 0.15) is 36.8 Å². The quantitative estimate of drug-likeness (QED) is 0.918. The van der Waals surface area contributed by atoms with Crippen molar-refractivity contribution in [3.05, 3.63) is 29.3 Å². The molecule has 2 aliphatic carbocycles. The summed E-state index contributed by atoms with van der Waals surface area (Å²) in [5.74, 6) is 0.496. The van der Waals surface area contributed by atoms with Gasteiger partial charge in [0, 0.05) is 18.0 Å². The number of nitrogens with zero attached hydrogens (tertiary/aromatic N) is 1. The van der Waals surface area contributed by atoms with Gasteiger partial charge in [0.15, 0.2) is 0 Å². The third-order valence-corrected chi connectivity index (χ3v) is 4.40. The minimum Gasteiger partial charge on any atom is -0.382 e. The van der Waals surface area contributed by atoms with Crippen LogP contribution in [-0.2, 0) is 22.5 Å². The van der Waals surface area contributed by atoms with E-state index >= 15 is 0 Å². The lowest BCUT2D eigenvalue weighted by Gasteiger charge is -2.10. The van der Waals surface area contributed by atoms with Crippen LogP contribution in [0, 0.1) is 5.92 Å². The van der Waals surface area contributed by atoms with Crippen molar-refractivity contribution in [3.63, 3.8) is 0 Å². The van der Waals surface area contributed by atoms with Gasteiger partial charge in [-0.05, 0) is 55.4 Å². The zero-order chi connectivity index (χ0) is 13.5. The molecule has 1 N–H and O–H groups in total. The summed E-state index contributed by atoms with van der Waals surface area (Å²) < 4.78 is 0. The number of carbonyl (C=O) groups is 1. The Morgan fingerprint density at radius 1 is 1.25 bits per heavy atom. The number of hydrogen-bond acceptors (Lipinski definition) is 3. The number of rotatable bonds is 3. The number of nitrogens with one attached hydrogen (secondary N) is 1. The smallest absolute Gasteiger partial charge is 0.268 e. The third-order valence-electron chi connectivity index (χ3n) is 4.40. The average molecular weight is 270 g/mol. The monoisotopic (exact) mass is 270 g/mol. The Balaban J connectivity index is 1.40. The minimum absolute atomic E-state index is 0.0812. The maximum atomic E-state index is 12.2. The molecule has 1 fully saturated rings. The molecule has 4 rings (SSSR count). The van der Waals surface area contributed by atoms with Crippen molar-refractivity contribution in [1.29, 1.82) is 0 Å². The van der Waals surface area contributed by atoms with E-state index in [0.717, 1.165) is 24.2 Å². The number of aryl methyl sites for hydroxylation is 2. The Kier molecular flexibility index (Phi) is 2.76. The normalized spacial score (nSPS) is 24.0. The van der Waals surface area contributed by atoms with E-state index in [1.165, 1.54) is 30.4 Å². The van der Waals surface area contributed by atoms with Gasteiger partial charge in [-0.1, -0.05) is 11.2 Å². The molecule has 104 valence electrons. The van der Waals surface area contributed by atoms with Gasteiger partial charge in [0.05, 0.1) is 5.71 Å². The topological polar surface area (TPSA) is 50.7 Å². The van der Waals surface area contributed by atoms with Crippen molar-refractivity contribution in [1.82, 2.24) is 0 Å². The molecular weight excluding hydrogens is 252 g/mol. The van der Waals surface area contributed by atoms with Crippen LogP contribution < -0.4 is 5.32 Å². The highest BCUT2D eigenvalue weighted by Gasteiger charge is 2.36. The summed E-state index contributed by atoms with van der Waals surface area (Å²) in [7, 11) is 0. The molecule has 1 amide bonds. The van der Waals surface area contributed by atoms with Gasteiger partial charge in [-0.3, -0.25) is 4.79 Å². The van der Waals surface area contributed by atoms with Crippen LogP contribution in [0.2, 0.25) is 0 Å². The van der Waals surface area contributed by atoms with E-state index in [0.29, 0.717) is 12.3 Å². The second-order valence-electron chi connectivity index (χ2n) is 5.98. The number of hydrogen-bond donors (Lipinski definition) is 1. The molecule has 1 aromatic rings. The first-order valence-electron chi connectivity index (χ1n) is 7.45. The largest absolute Gasteiger partial charge is 0.382 e. The molecule has 0 bridgehead atoms. The summed E-state index contributed by atoms with van der Waals surface area (Å²) >= 11 is 0. The van der Waals surface area contributed by atoms with Crippen molar-refractivity contribution >= 4 is 17.3 Å². The second kappa shape index (κ2) is 4.62. The van der Waals surface area contributed by atoms with Gasteiger partial charge < -0.3 is 10.2 Å². The lowest BCUT2D eigenvalue weighted by Crippen LogP contribution is -2.28. The molecule has 0 aromatic heterocycles. The van der Waals surface area contributed by atoms with Gasteiger partial charge in [-0.2, -0.15) is 0 Å². The fourth-order valence-corrected chi connectivity index (χ4v) is 3.07. The molecule has 20 heavy (non-hydrogen) atoms. The highest BCUT2D eigenvalue weighted by atomic mass is 16.6. The lowest BCUT2D eigenvalue weighted by atomic mass is 10.1. The van der Waals surface area contributed by atoms with E-state index in [1.807, 2.05) is 6.07 Å². The number of carbonyl (C=O) groups excluding carboxylic acids is 1. The van der Waals surface area contributed by atoms with Crippen LogP contribution in [0.4, 0.5) is 5.69 Å². The first-order chi connectivity index (χ1) is 9.79. The van der Waals surface area contributed by atoms with E-state index in [-0.39, 0.29) is 5.91 Å². The van der Waals surface area contributed by atoms with Gasteiger partial charge in [0.1, 0.15) is 0 Å². The molecule has 4 nitrogen and oxygen atoms in total. The van der Waals surface area contributed by atoms with Gasteiger partial charge in [0.25, 0.3) is 5.91 Å². The van der Waals surface area contributed by atoms with Crippen LogP contribution in [0.15, 0.2) is 23.4 Å². The highest BCUT2D eigenvalue weighted by molar-refractivity contribution is 6.00. The molecule has 0 saturated heterocycles. The molecule has 3 aliphatic rings. The van der Waals surface area contributed by atoms with Crippen LogP contribution >= 0.6 is 0 Å². The SMILES string of the molecule is O=C(Nc1ccc2c(c1)CCC2)C1CC(C2CC2)=NO1. The number of fused-ring (bicyclic) bond motifs is 1. The zero-order valence-corrected chi connectivity index (χ0v) is 11.4. The first kappa shape index (κ1) is 11.9. The molecule has 0 spiro atoms. The number of anilines is 1. The predicted octanol–water partition coefficient (Wildman–Crippen LogP) is 2.67. The molecule has 1 aromatic carbocycles. The van der Waals surface area contributed by atoms with Crippen molar-refractivity contribution in [3.8, 4) is 0 Å². The van der Waals surface area contributed by atoms with E-state index < -0.39 is 6.10 Å². The maximum Gasteiger partial charge on any atom is 0.268 e. The molecule has 1 aliphatic heterocycles. The minimum atomic E-state index is -0.446. The predicted molar refractivity (Wildman–Crippen MR) is 76.7 cm³/mol. The number of benzene rings is 1. The second-order valence-corrected chi connectivity index (χ2v) is 5.98. The first-order valence-corrected chi connectivity index (χ1v) is 7.45. The van der Waals surface area contributed by atoms with E-state index in [2.05, 4.69) is 22.6 Å². The Morgan fingerprint density at radius 3 is 2.95 bits per heavy atom. The molecule has 1 heterocycles. The Bertz CT molecular complexity index is 590. The molecular formula is C16H18N2O2. The highest BCUT2D eigenvalue weighted by Crippen LogP contribution is 2.35. The van der Waals surface area contributed by atoms with E-state index in [9.17, 15) is 4.79 Å². The van der Waals surface area contributed by atoms with Crippen LogP contribution in [0.3, 0.4) is 0 Å². The Hall–Kier alpha value is -1.84. The van der Waals surface area contributed by atoms with Gasteiger partial charge in [-0.15, -0.1) is 0 Å². The number of oxime groups is 1. The van der Waals surface area contributed by atoms with Crippen molar-refractivity contribution in [2.24, 2.45) is 11.1 Å². The van der Waals surface area contributed by atoms with Gasteiger partial charge in [-0.25, -0.2) is 0 Å². The van der Waals surface area contributed by atoms with Crippen LogP contribution in [0.25, 0.3) is 0 Å². The zero-order valence-electron chi connectivity index (χ0n) is 11.4. The summed E-state index contributed by atoms with van der Waals surface area (Å²) in [6, 6.07) is 6.21. The van der Waals surface area contributed by atoms with Crippen LogP contribution in [-0.4, -0.2) is 17.7 Å². The van der Waals surface area contributed by atoms with Crippen molar-refractivity contribution in [2.75, 3.05) is 5.32 Å². The summed E-state index contributed by atoms with van der Waals surface area (Å²) in [5, 5.41) is 7.01. The molecule has 1 unspecified atom stereocenters. The van der Waals surface area contributed by atoms with E-state index in [4.69, 9.17) is 4.84 Å². The Morgan fingerprint density at radius 2 is 2.10 bits per heavy atom. The van der Waals surface area contributed by atoms with Crippen molar-refractivity contribution in [2.45, 2.75) is 44.6 Å². The fourth-order valence-electron chi connectivity index (χ4n) is 3.07. The fraction of sp³-hybridized carbons (Fsp3) is 0.500. The molecule has 1 saturated carbocycles. The van der Waals surface area contributed by atoms with Crippen LogP contribution in [0.5, 0.6) is 0 Å². The molecule has 1 atom stereocenters. The summed E-state index contributed by atoms with van der Waals surface area (Å²) in [4.78, 5) is 17.5. The maximum absolute atomic E-state index is 12.2. The molecule has 0 radical (unpaired) electrons. The summed E-state index contributed by atoms with van der Waals surface area (Å²) in [6.07, 6.45) is 6.10. The third kappa shape index (κ3) is 2.19. The standard InChI is InChI=1S/C16H18N2O2/c19-16(15-9-14(18-20-15)11-4-5-11)17-13-7-6-10-2-1-3-12(10)8-13/h6-8,11,15H,1-5,9H2,(H,17,19). The van der Waals surface area contributed by atoms with Crippen molar-refractivity contribution < 1.29 is 9.63 Å². The lowest BCUT2D eigenvalue weighted by molar-refractivity contribution is -0.125. The van der Waals surface area contributed by atoms with Gasteiger partial charge in [0.2, 0.25) is 6.10 Å². The molecule has 4 heteroatoms.